The van der Waals surface area contributed by atoms with E-state index in [9.17, 15) is 14.0 Å². The molecular weight excluding hydrogens is 355 g/mol. The summed E-state index contributed by atoms with van der Waals surface area (Å²) in [6, 6.07) is 3.76. The molecule has 1 aromatic carbocycles. The van der Waals surface area contributed by atoms with Crippen molar-refractivity contribution in [2.45, 2.75) is 20.0 Å². The Hall–Kier alpha value is -2.25. The van der Waals surface area contributed by atoms with Crippen LogP contribution in [0.5, 0.6) is 0 Å². The second kappa shape index (κ2) is 8.03. The van der Waals surface area contributed by atoms with E-state index in [0.29, 0.717) is 11.4 Å². The standard InChI is InChI=1S/C16H14ClFN2O3S/c1-9(16(22)20-11-3-5-14(18)13(17)7-11)23-15(21)6-4-12-8-24-10(2)19-12/h3-9H,1-2H3,(H,20,22)/b6-4+. The Morgan fingerprint density at radius 3 is 2.83 bits per heavy atom. The number of halogens is 2. The lowest BCUT2D eigenvalue weighted by atomic mass is 10.3. The summed E-state index contributed by atoms with van der Waals surface area (Å²) in [5.41, 5.74) is 0.954. The smallest absolute Gasteiger partial charge is 0.331 e. The third kappa shape index (κ3) is 5.14. The van der Waals surface area contributed by atoms with Gasteiger partial charge in [-0.15, -0.1) is 11.3 Å². The minimum atomic E-state index is -1.02. The molecule has 0 saturated carbocycles. The van der Waals surface area contributed by atoms with Crippen LogP contribution in [0, 0.1) is 12.7 Å². The molecule has 1 aromatic heterocycles. The number of aromatic nitrogens is 1. The van der Waals surface area contributed by atoms with E-state index in [0.717, 1.165) is 11.1 Å². The van der Waals surface area contributed by atoms with Crippen LogP contribution >= 0.6 is 22.9 Å². The number of aryl methyl sites for hydroxylation is 1. The SMILES string of the molecule is Cc1nc(/C=C/C(=O)OC(C)C(=O)Nc2ccc(F)c(Cl)c2)cs1. The zero-order valence-electron chi connectivity index (χ0n) is 12.9. The number of esters is 1. The number of carbonyl (C=O) groups is 2. The van der Waals surface area contributed by atoms with Gasteiger partial charge in [-0.2, -0.15) is 0 Å². The minimum Gasteiger partial charge on any atom is -0.449 e. The molecule has 0 radical (unpaired) electrons. The molecule has 2 aromatic rings. The van der Waals surface area contributed by atoms with Crippen molar-refractivity contribution in [3.8, 4) is 0 Å². The van der Waals surface area contributed by atoms with Gasteiger partial charge < -0.3 is 10.1 Å². The van der Waals surface area contributed by atoms with Gasteiger partial charge in [-0.1, -0.05) is 11.6 Å². The largest absolute Gasteiger partial charge is 0.449 e. The molecule has 5 nitrogen and oxygen atoms in total. The lowest BCUT2D eigenvalue weighted by molar-refractivity contribution is -0.148. The number of ether oxygens (including phenoxy) is 1. The highest BCUT2D eigenvalue weighted by atomic mass is 35.5. The van der Waals surface area contributed by atoms with Crippen LogP contribution < -0.4 is 5.32 Å². The predicted molar refractivity (Wildman–Crippen MR) is 91.5 cm³/mol. The lowest BCUT2D eigenvalue weighted by Gasteiger charge is -2.12. The summed E-state index contributed by atoms with van der Waals surface area (Å²) in [5, 5.41) is 5.06. The first-order chi connectivity index (χ1) is 11.3. The van der Waals surface area contributed by atoms with E-state index in [1.807, 2.05) is 6.92 Å². The molecular formula is C16H14ClFN2O3S. The van der Waals surface area contributed by atoms with Crippen molar-refractivity contribution in [2.75, 3.05) is 5.32 Å². The van der Waals surface area contributed by atoms with E-state index in [4.69, 9.17) is 16.3 Å². The van der Waals surface area contributed by atoms with E-state index >= 15 is 0 Å². The highest BCUT2D eigenvalue weighted by molar-refractivity contribution is 7.09. The van der Waals surface area contributed by atoms with Crippen molar-refractivity contribution in [3.05, 3.63) is 51.2 Å². The topological polar surface area (TPSA) is 68.3 Å². The fourth-order valence-electron chi connectivity index (χ4n) is 1.69. The van der Waals surface area contributed by atoms with Crippen LogP contribution in [0.4, 0.5) is 10.1 Å². The Bertz CT molecular complexity index is 791. The quantitative estimate of drug-likeness (QED) is 0.643. The molecule has 1 atom stereocenters. The van der Waals surface area contributed by atoms with Gasteiger partial charge in [0.1, 0.15) is 5.82 Å². The van der Waals surface area contributed by atoms with Gasteiger partial charge in [0, 0.05) is 17.1 Å². The van der Waals surface area contributed by atoms with Crippen LogP contribution in [0.2, 0.25) is 5.02 Å². The van der Waals surface area contributed by atoms with E-state index in [1.54, 1.807) is 5.38 Å². The summed E-state index contributed by atoms with van der Waals surface area (Å²) < 4.78 is 18.1. The third-order valence-electron chi connectivity index (χ3n) is 2.88. The van der Waals surface area contributed by atoms with Crippen molar-refractivity contribution in [2.24, 2.45) is 0 Å². The van der Waals surface area contributed by atoms with Crippen molar-refractivity contribution in [1.82, 2.24) is 4.98 Å². The molecule has 0 bridgehead atoms. The van der Waals surface area contributed by atoms with Crippen LogP contribution in [-0.4, -0.2) is 23.0 Å². The van der Waals surface area contributed by atoms with E-state index in [-0.39, 0.29) is 5.02 Å². The van der Waals surface area contributed by atoms with E-state index < -0.39 is 23.8 Å². The van der Waals surface area contributed by atoms with Gasteiger partial charge in [-0.05, 0) is 38.1 Å². The fourth-order valence-corrected chi connectivity index (χ4v) is 2.46. The van der Waals surface area contributed by atoms with Gasteiger partial charge in [-0.3, -0.25) is 4.79 Å². The first-order valence-electron chi connectivity index (χ1n) is 6.92. The minimum absolute atomic E-state index is 0.112. The molecule has 1 unspecified atom stereocenters. The average Bonchev–Trinajstić information content (AvgIpc) is 2.94. The molecule has 0 aliphatic heterocycles. The van der Waals surface area contributed by atoms with E-state index in [2.05, 4.69) is 10.3 Å². The van der Waals surface area contributed by atoms with E-state index in [1.165, 1.54) is 42.5 Å². The number of thiazole rings is 1. The van der Waals surface area contributed by atoms with Gasteiger partial charge in [0.15, 0.2) is 6.10 Å². The molecule has 0 aliphatic rings. The highest BCUT2D eigenvalue weighted by Gasteiger charge is 2.17. The van der Waals surface area contributed by atoms with Crippen LogP contribution in [0.3, 0.4) is 0 Å². The van der Waals surface area contributed by atoms with Crippen molar-refractivity contribution >= 4 is 46.6 Å². The first kappa shape index (κ1) is 18.1. The van der Waals surface area contributed by atoms with Crippen LogP contribution in [0.1, 0.15) is 17.6 Å². The fraction of sp³-hybridized carbons (Fsp3) is 0.188. The first-order valence-corrected chi connectivity index (χ1v) is 8.17. The number of hydrogen-bond acceptors (Lipinski definition) is 5. The molecule has 8 heteroatoms. The lowest BCUT2D eigenvalue weighted by Crippen LogP contribution is -2.29. The number of nitrogens with zero attached hydrogens (tertiary/aromatic N) is 1. The maximum Gasteiger partial charge on any atom is 0.331 e. The summed E-state index contributed by atoms with van der Waals surface area (Å²) in [7, 11) is 0. The second-order valence-corrected chi connectivity index (χ2v) is 6.29. The zero-order chi connectivity index (χ0) is 17.7. The van der Waals surface area contributed by atoms with Gasteiger partial charge in [0.05, 0.1) is 15.7 Å². The number of nitrogens with one attached hydrogen (secondary N) is 1. The summed E-state index contributed by atoms with van der Waals surface area (Å²) in [5.74, 6) is -1.80. The number of anilines is 1. The second-order valence-electron chi connectivity index (χ2n) is 4.82. The summed E-state index contributed by atoms with van der Waals surface area (Å²) in [6.45, 7) is 3.29. The van der Waals surface area contributed by atoms with Gasteiger partial charge in [0.2, 0.25) is 0 Å². The number of rotatable bonds is 5. The maximum absolute atomic E-state index is 13.1. The molecule has 126 valence electrons. The Labute approximate surface area is 147 Å². The van der Waals surface area contributed by atoms with Crippen molar-refractivity contribution in [1.29, 1.82) is 0 Å². The molecule has 1 heterocycles. The van der Waals surface area contributed by atoms with Gasteiger partial charge in [0.25, 0.3) is 5.91 Å². The van der Waals surface area contributed by atoms with Crippen LogP contribution in [0.25, 0.3) is 6.08 Å². The van der Waals surface area contributed by atoms with Gasteiger partial charge in [-0.25, -0.2) is 14.2 Å². The van der Waals surface area contributed by atoms with Crippen molar-refractivity contribution in [3.63, 3.8) is 0 Å². The molecule has 24 heavy (non-hydrogen) atoms. The predicted octanol–water partition coefficient (Wildman–Crippen LogP) is 3.83. The number of carbonyl (C=O) groups excluding carboxylic acids is 2. The monoisotopic (exact) mass is 368 g/mol. The molecule has 0 fully saturated rings. The summed E-state index contributed by atoms with van der Waals surface area (Å²) in [4.78, 5) is 27.8. The summed E-state index contributed by atoms with van der Waals surface area (Å²) in [6.07, 6.45) is 1.69. The molecule has 0 saturated heterocycles. The molecule has 0 spiro atoms. The summed E-state index contributed by atoms with van der Waals surface area (Å²) >= 11 is 7.10. The molecule has 0 aliphatic carbocycles. The number of hydrogen-bond donors (Lipinski definition) is 1. The third-order valence-corrected chi connectivity index (χ3v) is 3.96. The Balaban J connectivity index is 1.89. The zero-order valence-corrected chi connectivity index (χ0v) is 14.5. The Kier molecular flexibility index (Phi) is 6.05. The average molecular weight is 369 g/mol. The van der Waals surface area contributed by atoms with Crippen LogP contribution in [0.15, 0.2) is 29.7 Å². The Morgan fingerprint density at radius 2 is 2.21 bits per heavy atom. The highest BCUT2D eigenvalue weighted by Crippen LogP contribution is 2.19. The Morgan fingerprint density at radius 1 is 1.46 bits per heavy atom. The van der Waals surface area contributed by atoms with Crippen LogP contribution in [-0.2, 0) is 14.3 Å². The molecule has 2 rings (SSSR count). The number of amides is 1. The maximum atomic E-state index is 13.1. The molecule has 1 N–H and O–H groups in total. The number of benzene rings is 1. The van der Waals surface area contributed by atoms with Gasteiger partial charge >= 0.3 is 5.97 Å². The van der Waals surface area contributed by atoms with Crippen molar-refractivity contribution < 1.29 is 18.7 Å². The molecule has 1 amide bonds. The normalized spacial score (nSPS) is 12.2.